The molecule has 6 nitrogen and oxygen atoms in total. The molecule has 0 spiro atoms. The minimum Gasteiger partial charge on any atom is -0.496 e. The quantitative estimate of drug-likeness (QED) is 0.854. The Bertz CT molecular complexity index is 607. The maximum absolute atomic E-state index is 12.5. The Balaban J connectivity index is 2.01. The molecule has 1 saturated heterocycles. The summed E-state index contributed by atoms with van der Waals surface area (Å²) in [5, 5.41) is 6.24. The van der Waals surface area contributed by atoms with E-state index in [1.807, 2.05) is 13.8 Å². The number of hydrogen-bond donors (Lipinski definition) is 2. The molecule has 3 amide bonds. The molecular weight excluding hydrogens is 330 g/mol. The number of nitrogens with one attached hydrogen (secondary N) is 2. The number of carbonyl (C=O) groups excluding carboxylic acids is 2. The van der Waals surface area contributed by atoms with Crippen molar-refractivity contribution in [2.24, 2.45) is 0 Å². The van der Waals surface area contributed by atoms with Crippen molar-refractivity contribution in [3.63, 3.8) is 0 Å². The minimum atomic E-state index is -0.447. The van der Waals surface area contributed by atoms with Gasteiger partial charge >= 0.3 is 6.03 Å². The van der Waals surface area contributed by atoms with Crippen LogP contribution in [0.5, 0.6) is 5.75 Å². The predicted molar refractivity (Wildman–Crippen MR) is 93.2 cm³/mol. The zero-order chi connectivity index (χ0) is 17.7. The first-order chi connectivity index (χ1) is 11.4. The second-order valence-corrected chi connectivity index (χ2v) is 6.50. The number of ether oxygens (including phenoxy) is 1. The Morgan fingerprint density at radius 1 is 1.42 bits per heavy atom. The average molecular weight is 354 g/mol. The number of likely N-dealkylation sites (tertiary alicyclic amines) is 1. The van der Waals surface area contributed by atoms with Gasteiger partial charge in [0.25, 0.3) is 0 Å². The second-order valence-electron chi connectivity index (χ2n) is 6.09. The van der Waals surface area contributed by atoms with E-state index >= 15 is 0 Å². The molecule has 0 bridgehead atoms. The van der Waals surface area contributed by atoms with Crippen molar-refractivity contribution in [2.75, 3.05) is 13.7 Å². The topological polar surface area (TPSA) is 70.7 Å². The standard InChI is InChI=1S/C17H24ClN3O3/c1-11(2)20-17(23)21-9-5-7-14(21)16(22)19-10-12-13(18)6-4-8-15(12)24-3/h4,6,8,11,14H,5,7,9-10H2,1-3H3,(H,19,22)(H,20,23)/t14-/m0/s1. The van der Waals surface area contributed by atoms with Crippen molar-refractivity contribution in [3.05, 3.63) is 28.8 Å². The molecule has 2 rings (SSSR count). The lowest BCUT2D eigenvalue weighted by atomic mass is 10.1. The van der Waals surface area contributed by atoms with Gasteiger partial charge in [0.1, 0.15) is 11.8 Å². The van der Waals surface area contributed by atoms with Crippen LogP contribution in [0, 0.1) is 0 Å². The third kappa shape index (κ3) is 4.32. The van der Waals surface area contributed by atoms with Gasteiger partial charge in [-0.1, -0.05) is 17.7 Å². The Hall–Kier alpha value is -1.95. The summed E-state index contributed by atoms with van der Waals surface area (Å²) in [5.41, 5.74) is 0.728. The molecule has 1 atom stereocenters. The molecule has 7 heteroatoms. The first-order valence-corrected chi connectivity index (χ1v) is 8.48. The summed E-state index contributed by atoms with van der Waals surface area (Å²) in [6.45, 7) is 4.64. The summed E-state index contributed by atoms with van der Waals surface area (Å²) in [7, 11) is 1.56. The number of halogens is 1. The molecule has 1 aromatic carbocycles. The first-order valence-electron chi connectivity index (χ1n) is 8.10. The molecule has 0 unspecified atom stereocenters. The van der Waals surface area contributed by atoms with Gasteiger partial charge in [0, 0.05) is 29.7 Å². The lowest BCUT2D eigenvalue weighted by molar-refractivity contribution is -0.124. The molecule has 1 aliphatic heterocycles. The molecule has 0 aliphatic carbocycles. The summed E-state index contributed by atoms with van der Waals surface area (Å²) < 4.78 is 5.28. The molecule has 2 N–H and O–H groups in total. The van der Waals surface area contributed by atoms with Crippen molar-refractivity contribution in [1.82, 2.24) is 15.5 Å². The normalized spacial score (nSPS) is 17.0. The smallest absolute Gasteiger partial charge is 0.318 e. The van der Waals surface area contributed by atoms with Crippen LogP contribution in [0.3, 0.4) is 0 Å². The van der Waals surface area contributed by atoms with Gasteiger partial charge in [0.2, 0.25) is 5.91 Å². The Morgan fingerprint density at radius 3 is 2.83 bits per heavy atom. The molecule has 0 saturated carbocycles. The van der Waals surface area contributed by atoms with Crippen LogP contribution >= 0.6 is 11.6 Å². The van der Waals surface area contributed by atoms with Crippen LogP contribution in [0.25, 0.3) is 0 Å². The lowest BCUT2D eigenvalue weighted by Crippen LogP contribution is -2.50. The molecule has 1 fully saturated rings. The van der Waals surface area contributed by atoms with Gasteiger partial charge in [0.05, 0.1) is 7.11 Å². The van der Waals surface area contributed by atoms with E-state index in [0.717, 1.165) is 12.0 Å². The predicted octanol–water partition coefficient (Wildman–Crippen LogP) is 2.55. The summed E-state index contributed by atoms with van der Waals surface area (Å²) in [6, 6.07) is 4.74. The summed E-state index contributed by atoms with van der Waals surface area (Å²) in [5.74, 6) is 0.456. The van der Waals surface area contributed by atoms with Crippen LogP contribution in [-0.4, -0.2) is 42.6 Å². The highest BCUT2D eigenvalue weighted by Gasteiger charge is 2.34. The molecule has 132 valence electrons. The van der Waals surface area contributed by atoms with Crippen LogP contribution in [-0.2, 0) is 11.3 Å². The van der Waals surface area contributed by atoms with Crippen LogP contribution in [0.2, 0.25) is 5.02 Å². The zero-order valence-corrected chi connectivity index (χ0v) is 15.0. The number of methoxy groups -OCH3 is 1. The highest BCUT2D eigenvalue weighted by Crippen LogP contribution is 2.26. The molecule has 0 radical (unpaired) electrons. The highest BCUT2D eigenvalue weighted by molar-refractivity contribution is 6.31. The van der Waals surface area contributed by atoms with Gasteiger partial charge in [-0.2, -0.15) is 0 Å². The number of hydrogen-bond acceptors (Lipinski definition) is 3. The lowest BCUT2D eigenvalue weighted by Gasteiger charge is -2.25. The fourth-order valence-electron chi connectivity index (χ4n) is 2.81. The van der Waals surface area contributed by atoms with Crippen LogP contribution in [0.15, 0.2) is 18.2 Å². The van der Waals surface area contributed by atoms with Gasteiger partial charge in [-0.05, 0) is 38.8 Å². The molecule has 24 heavy (non-hydrogen) atoms. The second kappa shape index (κ2) is 8.24. The van der Waals surface area contributed by atoms with E-state index in [1.165, 1.54) is 0 Å². The summed E-state index contributed by atoms with van der Waals surface area (Å²) in [6.07, 6.45) is 1.48. The van der Waals surface area contributed by atoms with Gasteiger partial charge in [-0.3, -0.25) is 4.79 Å². The Labute approximate surface area is 147 Å². The number of carbonyl (C=O) groups is 2. The van der Waals surface area contributed by atoms with Crippen molar-refractivity contribution in [1.29, 1.82) is 0 Å². The Kier molecular flexibility index (Phi) is 6.31. The number of benzene rings is 1. The van der Waals surface area contributed by atoms with E-state index in [4.69, 9.17) is 16.3 Å². The van der Waals surface area contributed by atoms with Crippen molar-refractivity contribution in [2.45, 2.75) is 45.3 Å². The van der Waals surface area contributed by atoms with E-state index < -0.39 is 6.04 Å². The van der Waals surface area contributed by atoms with Crippen LogP contribution in [0.1, 0.15) is 32.3 Å². The number of urea groups is 1. The van der Waals surface area contributed by atoms with Gasteiger partial charge in [0.15, 0.2) is 0 Å². The fourth-order valence-corrected chi connectivity index (χ4v) is 3.04. The van der Waals surface area contributed by atoms with E-state index in [-0.39, 0.29) is 24.5 Å². The monoisotopic (exact) mass is 353 g/mol. The fraction of sp³-hybridized carbons (Fsp3) is 0.529. The maximum atomic E-state index is 12.5. The maximum Gasteiger partial charge on any atom is 0.318 e. The van der Waals surface area contributed by atoms with Crippen molar-refractivity contribution >= 4 is 23.5 Å². The molecular formula is C17H24ClN3O3. The summed E-state index contributed by atoms with van der Waals surface area (Å²) >= 11 is 6.18. The van der Waals surface area contributed by atoms with Crippen LogP contribution in [0.4, 0.5) is 4.79 Å². The zero-order valence-electron chi connectivity index (χ0n) is 14.3. The first kappa shape index (κ1) is 18.4. The largest absolute Gasteiger partial charge is 0.496 e. The molecule has 1 heterocycles. The van der Waals surface area contributed by atoms with E-state index in [9.17, 15) is 9.59 Å². The Morgan fingerprint density at radius 2 is 2.17 bits per heavy atom. The number of nitrogens with zero attached hydrogens (tertiary/aromatic N) is 1. The molecule has 0 aromatic heterocycles. The van der Waals surface area contributed by atoms with E-state index in [1.54, 1.807) is 30.2 Å². The van der Waals surface area contributed by atoms with E-state index in [2.05, 4.69) is 10.6 Å². The number of amides is 3. The third-order valence-electron chi connectivity index (χ3n) is 3.96. The summed E-state index contributed by atoms with van der Waals surface area (Å²) in [4.78, 5) is 26.3. The van der Waals surface area contributed by atoms with Crippen LogP contribution < -0.4 is 15.4 Å². The average Bonchev–Trinajstić information content (AvgIpc) is 3.02. The molecule has 1 aromatic rings. The molecule has 1 aliphatic rings. The third-order valence-corrected chi connectivity index (χ3v) is 4.32. The minimum absolute atomic E-state index is 0.0363. The van der Waals surface area contributed by atoms with Gasteiger partial charge in [-0.25, -0.2) is 4.79 Å². The highest BCUT2D eigenvalue weighted by atomic mass is 35.5. The van der Waals surface area contributed by atoms with Crippen molar-refractivity contribution in [3.8, 4) is 5.75 Å². The van der Waals surface area contributed by atoms with Gasteiger partial charge in [-0.15, -0.1) is 0 Å². The SMILES string of the molecule is COc1cccc(Cl)c1CNC(=O)[C@@H]1CCCN1C(=O)NC(C)C. The van der Waals surface area contributed by atoms with E-state index in [0.29, 0.717) is 23.7 Å². The number of rotatable bonds is 5. The van der Waals surface area contributed by atoms with Gasteiger partial charge < -0.3 is 20.3 Å². The van der Waals surface area contributed by atoms with Crippen molar-refractivity contribution < 1.29 is 14.3 Å².